The molecule has 0 radical (unpaired) electrons. The van der Waals surface area contributed by atoms with Gasteiger partial charge >= 0.3 is 0 Å². The molecule has 0 fully saturated rings. The second-order valence-corrected chi connectivity index (χ2v) is 7.46. The average molecular weight is 407 g/mol. The molecule has 1 heterocycles. The summed E-state index contributed by atoms with van der Waals surface area (Å²) < 4.78 is 5.16. The van der Waals surface area contributed by atoms with Crippen LogP contribution >= 0.6 is 0 Å². The zero-order valence-electron chi connectivity index (χ0n) is 17.1. The first kappa shape index (κ1) is 18.9. The van der Waals surface area contributed by atoms with Crippen LogP contribution in [-0.4, -0.2) is 23.0 Å². The summed E-state index contributed by atoms with van der Waals surface area (Å²) in [6, 6.07) is 27.7. The maximum atomic E-state index is 12.5. The van der Waals surface area contributed by atoms with Gasteiger partial charge in [0.2, 0.25) is 5.91 Å². The Balaban J connectivity index is 1.36. The molecule has 1 amide bonds. The molecule has 0 saturated carbocycles. The molecule has 0 aliphatic carbocycles. The number of anilines is 1. The number of amides is 1. The highest BCUT2D eigenvalue weighted by Gasteiger charge is 2.09. The number of methoxy groups -OCH3 is 1. The summed E-state index contributed by atoms with van der Waals surface area (Å²) in [5.74, 6) is 1.48. The molecule has 4 aromatic carbocycles. The molecule has 0 unspecified atom stereocenters. The Bertz CT molecular complexity index is 1330. The zero-order valence-corrected chi connectivity index (χ0v) is 17.1. The highest BCUT2D eigenvalue weighted by molar-refractivity contribution is 5.96. The van der Waals surface area contributed by atoms with Gasteiger partial charge in [-0.2, -0.15) is 0 Å². The number of H-pyrrole nitrogens is 1. The fourth-order valence-electron chi connectivity index (χ4n) is 3.71. The molecule has 5 nitrogen and oxygen atoms in total. The molecule has 5 rings (SSSR count). The number of fused-ring (bicyclic) bond motifs is 2. The maximum absolute atomic E-state index is 12.5. The summed E-state index contributed by atoms with van der Waals surface area (Å²) in [5.41, 5.74) is 4.49. The van der Waals surface area contributed by atoms with Crippen molar-refractivity contribution in [3.05, 3.63) is 90.5 Å². The minimum absolute atomic E-state index is 0.0711. The van der Waals surface area contributed by atoms with Crippen molar-refractivity contribution < 1.29 is 9.53 Å². The average Bonchev–Trinajstić information content (AvgIpc) is 3.21. The van der Waals surface area contributed by atoms with Crippen molar-refractivity contribution in [2.75, 3.05) is 12.4 Å². The quantitative estimate of drug-likeness (QED) is 0.400. The second-order valence-electron chi connectivity index (χ2n) is 7.46. The van der Waals surface area contributed by atoms with Gasteiger partial charge in [-0.1, -0.05) is 48.5 Å². The van der Waals surface area contributed by atoms with Crippen LogP contribution in [-0.2, 0) is 11.2 Å². The summed E-state index contributed by atoms with van der Waals surface area (Å²) in [6.45, 7) is 0. The number of carbonyl (C=O) groups is 1. The Morgan fingerprint density at radius 2 is 1.71 bits per heavy atom. The highest BCUT2D eigenvalue weighted by Crippen LogP contribution is 2.26. The van der Waals surface area contributed by atoms with E-state index >= 15 is 0 Å². The van der Waals surface area contributed by atoms with Gasteiger partial charge in [-0.25, -0.2) is 4.98 Å². The van der Waals surface area contributed by atoms with E-state index in [9.17, 15) is 4.79 Å². The summed E-state index contributed by atoms with van der Waals surface area (Å²) in [5, 5.41) is 5.31. The number of aromatic nitrogens is 2. The van der Waals surface area contributed by atoms with Crippen molar-refractivity contribution in [2.45, 2.75) is 6.42 Å². The molecule has 0 bridgehead atoms. The minimum atomic E-state index is -0.0711. The van der Waals surface area contributed by atoms with E-state index in [2.05, 4.69) is 34.6 Å². The van der Waals surface area contributed by atoms with E-state index in [4.69, 9.17) is 9.72 Å². The van der Waals surface area contributed by atoms with Crippen molar-refractivity contribution in [2.24, 2.45) is 0 Å². The fourth-order valence-corrected chi connectivity index (χ4v) is 3.71. The minimum Gasteiger partial charge on any atom is -0.497 e. The third-order valence-electron chi connectivity index (χ3n) is 5.29. The third-order valence-corrected chi connectivity index (χ3v) is 5.29. The smallest absolute Gasteiger partial charge is 0.228 e. The van der Waals surface area contributed by atoms with Crippen molar-refractivity contribution >= 4 is 33.4 Å². The number of nitrogens with one attached hydrogen (secondary N) is 2. The van der Waals surface area contributed by atoms with Gasteiger partial charge in [0.15, 0.2) is 0 Å². The van der Waals surface area contributed by atoms with Gasteiger partial charge in [0, 0.05) is 11.3 Å². The van der Waals surface area contributed by atoms with Crippen LogP contribution in [0.5, 0.6) is 5.75 Å². The summed E-state index contributed by atoms with van der Waals surface area (Å²) in [6.07, 6.45) is 0.297. The number of rotatable bonds is 5. The molecule has 0 atom stereocenters. The fraction of sp³-hybridized carbons (Fsp3) is 0.0769. The molecule has 0 aliphatic rings. The molecule has 5 heteroatoms. The van der Waals surface area contributed by atoms with E-state index in [1.54, 1.807) is 7.11 Å². The first-order valence-corrected chi connectivity index (χ1v) is 10.1. The van der Waals surface area contributed by atoms with Gasteiger partial charge in [0.05, 0.1) is 24.6 Å². The SMILES string of the molecule is COc1ccc(CC(=O)Nc2cccc(-c3nc4cc5ccccc5cc4[nH]3)c2)cc1. The highest BCUT2D eigenvalue weighted by atomic mass is 16.5. The van der Waals surface area contributed by atoms with Crippen LogP contribution in [0.1, 0.15) is 5.56 Å². The first-order valence-electron chi connectivity index (χ1n) is 10.1. The molecular weight excluding hydrogens is 386 g/mol. The van der Waals surface area contributed by atoms with Crippen molar-refractivity contribution in [1.82, 2.24) is 9.97 Å². The lowest BCUT2D eigenvalue weighted by molar-refractivity contribution is -0.115. The Kier molecular flexibility index (Phi) is 4.84. The lowest BCUT2D eigenvalue weighted by atomic mass is 10.1. The van der Waals surface area contributed by atoms with Crippen LogP contribution in [0.3, 0.4) is 0 Å². The Morgan fingerprint density at radius 3 is 2.48 bits per heavy atom. The lowest BCUT2D eigenvalue weighted by Gasteiger charge is -2.07. The number of nitrogens with zero attached hydrogens (tertiary/aromatic N) is 1. The van der Waals surface area contributed by atoms with Crippen LogP contribution in [0.4, 0.5) is 5.69 Å². The van der Waals surface area contributed by atoms with E-state index in [0.717, 1.165) is 44.8 Å². The molecule has 1 aromatic heterocycles. The van der Waals surface area contributed by atoms with Crippen LogP contribution < -0.4 is 10.1 Å². The van der Waals surface area contributed by atoms with Gasteiger partial charge in [0.25, 0.3) is 0 Å². The number of carbonyl (C=O) groups excluding carboxylic acids is 1. The van der Waals surface area contributed by atoms with Crippen LogP contribution in [0.2, 0.25) is 0 Å². The normalized spacial score (nSPS) is 11.0. The second kappa shape index (κ2) is 7.95. The number of hydrogen-bond donors (Lipinski definition) is 2. The predicted octanol–water partition coefficient (Wildman–Crippen LogP) is 5.57. The molecule has 0 saturated heterocycles. The number of imidazole rings is 1. The largest absolute Gasteiger partial charge is 0.497 e. The van der Waals surface area contributed by atoms with Crippen molar-refractivity contribution in [3.8, 4) is 17.1 Å². The number of hydrogen-bond acceptors (Lipinski definition) is 3. The van der Waals surface area contributed by atoms with Gasteiger partial charge < -0.3 is 15.0 Å². The summed E-state index contributed by atoms with van der Waals surface area (Å²) >= 11 is 0. The van der Waals surface area contributed by atoms with E-state index in [0.29, 0.717) is 6.42 Å². The Labute approximate surface area is 179 Å². The molecule has 0 aliphatic heterocycles. The molecule has 5 aromatic rings. The molecular formula is C26H21N3O2. The predicted molar refractivity (Wildman–Crippen MR) is 124 cm³/mol. The van der Waals surface area contributed by atoms with Crippen LogP contribution in [0, 0.1) is 0 Å². The summed E-state index contributed by atoms with van der Waals surface area (Å²) in [7, 11) is 1.62. The summed E-state index contributed by atoms with van der Waals surface area (Å²) in [4.78, 5) is 20.7. The van der Waals surface area contributed by atoms with Crippen LogP contribution in [0.25, 0.3) is 33.2 Å². The molecule has 0 spiro atoms. The van der Waals surface area contributed by atoms with Gasteiger partial charge in [-0.15, -0.1) is 0 Å². The van der Waals surface area contributed by atoms with Gasteiger partial charge in [0.1, 0.15) is 11.6 Å². The van der Waals surface area contributed by atoms with Gasteiger partial charge in [-0.05, 0) is 52.7 Å². The zero-order chi connectivity index (χ0) is 21.2. The third kappa shape index (κ3) is 3.98. The molecule has 31 heavy (non-hydrogen) atoms. The molecule has 152 valence electrons. The lowest BCUT2D eigenvalue weighted by Crippen LogP contribution is -2.14. The van der Waals surface area contributed by atoms with Crippen molar-refractivity contribution in [1.29, 1.82) is 0 Å². The topological polar surface area (TPSA) is 67.0 Å². The monoisotopic (exact) mass is 407 g/mol. The Morgan fingerprint density at radius 1 is 0.935 bits per heavy atom. The maximum Gasteiger partial charge on any atom is 0.228 e. The number of ether oxygens (including phenoxy) is 1. The van der Waals surface area contributed by atoms with Crippen LogP contribution in [0.15, 0.2) is 84.9 Å². The van der Waals surface area contributed by atoms with E-state index in [1.807, 2.05) is 60.7 Å². The van der Waals surface area contributed by atoms with Crippen molar-refractivity contribution in [3.63, 3.8) is 0 Å². The van der Waals surface area contributed by atoms with Gasteiger partial charge in [-0.3, -0.25) is 4.79 Å². The number of benzene rings is 4. The first-order chi connectivity index (χ1) is 15.2. The Hall–Kier alpha value is -4.12. The number of aromatic amines is 1. The molecule has 2 N–H and O–H groups in total. The standard InChI is InChI=1S/C26H21N3O2/c1-31-22-11-9-17(10-12-22)13-25(30)27-21-8-4-7-20(14-21)26-28-23-15-18-5-2-3-6-19(18)16-24(23)29-26/h2-12,14-16H,13H2,1H3,(H,27,30)(H,28,29). The van der Waals surface area contributed by atoms with E-state index in [-0.39, 0.29) is 5.91 Å². The van der Waals surface area contributed by atoms with E-state index < -0.39 is 0 Å². The van der Waals surface area contributed by atoms with E-state index in [1.165, 1.54) is 5.39 Å².